The smallest absolute Gasteiger partial charge is 0.118 e. The van der Waals surface area contributed by atoms with E-state index in [0.717, 1.165) is 24.2 Å². The van der Waals surface area contributed by atoms with Crippen molar-refractivity contribution in [1.82, 2.24) is 0 Å². The van der Waals surface area contributed by atoms with Gasteiger partial charge in [-0.25, -0.2) is 0 Å². The molecule has 2 nitrogen and oxygen atoms in total. The van der Waals surface area contributed by atoms with Gasteiger partial charge in [0.2, 0.25) is 0 Å². The van der Waals surface area contributed by atoms with E-state index in [-0.39, 0.29) is 5.41 Å². The van der Waals surface area contributed by atoms with E-state index in [9.17, 15) is 5.26 Å². The average Bonchev–Trinajstić information content (AvgIpc) is 2.29. The second kappa shape index (κ2) is 3.58. The predicted octanol–water partition coefficient (Wildman–Crippen LogP) is 2.89. The number of ether oxygens (including phenoxy) is 1. The first-order valence-corrected chi connectivity index (χ1v) is 5.29. The fraction of sp³-hybridized carbons (Fsp3) is 0.462. The Morgan fingerprint density at radius 2 is 2.07 bits per heavy atom. The molecule has 1 fully saturated rings. The quantitative estimate of drug-likeness (QED) is 0.737. The highest BCUT2D eigenvalue weighted by Gasteiger charge is 2.45. The molecule has 2 atom stereocenters. The Morgan fingerprint density at radius 1 is 1.40 bits per heavy atom. The molecule has 0 heterocycles. The molecule has 0 radical (unpaired) electrons. The van der Waals surface area contributed by atoms with Crippen LogP contribution in [0.3, 0.4) is 0 Å². The van der Waals surface area contributed by atoms with Crippen molar-refractivity contribution < 1.29 is 4.74 Å². The molecule has 2 heteroatoms. The van der Waals surface area contributed by atoms with Crippen LogP contribution in [0.15, 0.2) is 24.3 Å². The van der Waals surface area contributed by atoms with E-state index in [0.29, 0.717) is 5.92 Å². The molecule has 15 heavy (non-hydrogen) atoms. The largest absolute Gasteiger partial charge is 0.497 e. The fourth-order valence-electron chi connectivity index (χ4n) is 2.27. The maximum absolute atomic E-state index is 9.31. The lowest BCUT2D eigenvalue weighted by Crippen LogP contribution is -2.41. The molecule has 0 bridgehead atoms. The van der Waals surface area contributed by atoms with Crippen molar-refractivity contribution in [2.24, 2.45) is 5.92 Å². The van der Waals surface area contributed by atoms with E-state index in [1.807, 2.05) is 24.3 Å². The zero-order chi connectivity index (χ0) is 10.9. The van der Waals surface area contributed by atoms with Gasteiger partial charge in [-0.3, -0.25) is 0 Å². The first kappa shape index (κ1) is 10.0. The fourth-order valence-corrected chi connectivity index (χ4v) is 2.27. The molecule has 1 aromatic rings. The van der Waals surface area contributed by atoms with Crippen LogP contribution in [-0.4, -0.2) is 7.11 Å². The normalized spacial score (nSPS) is 29.0. The van der Waals surface area contributed by atoms with Crippen LogP contribution in [0.4, 0.5) is 0 Å². The van der Waals surface area contributed by atoms with Crippen LogP contribution < -0.4 is 4.74 Å². The van der Waals surface area contributed by atoms with E-state index in [4.69, 9.17) is 4.74 Å². The second-order valence-electron chi connectivity index (χ2n) is 4.25. The third-order valence-electron chi connectivity index (χ3n) is 3.62. The molecule has 0 aliphatic heterocycles. The van der Waals surface area contributed by atoms with Crippen LogP contribution in [0.25, 0.3) is 0 Å². The Kier molecular flexibility index (Phi) is 2.40. The second-order valence-corrected chi connectivity index (χ2v) is 4.25. The van der Waals surface area contributed by atoms with E-state index >= 15 is 0 Å². The minimum atomic E-state index is -0.244. The predicted molar refractivity (Wildman–Crippen MR) is 58.7 cm³/mol. The number of hydrogen-bond donors (Lipinski definition) is 0. The number of rotatable bonds is 2. The molecule has 1 aliphatic carbocycles. The maximum Gasteiger partial charge on any atom is 0.118 e. The lowest BCUT2D eigenvalue weighted by Gasteiger charge is -2.42. The summed E-state index contributed by atoms with van der Waals surface area (Å²) in [5.41, 5.74) is 0.885. The summed E-state index contributed by atoms with van der Waals surface area (Å²) in [4.78, 5) is 0. The van der Waals surface area contributed by atoms with E-state index in [2.05, 4.69) is 13.0 Å². The van der Waals surface area contributed by atoms with Crippen LogP contribution in [-0.2, 0) is 5.41 Å². The molecule has 1 aliphatic rings. The summed E-state index contributed by atoms with van der Waals surface area (Å²) in [6.07, 6.45) is 2.14. The Labute approximate surface area is 90.5 Å². The zero-order valence-electron chi connectivity index (χ0n) is 9.16. The highest BCUT2D eigenvalue weighted by Crippen LogP contribution is 2.48. The molecule has 0 aromatic heterocycles. The van der Waals surface area contributed by atoms with Gasteiger partial charge in [0.15, 0.2) is 0 Å². The van der Waals surface area contributed by atoms with Crippen molar-refractivity contribution in [3.63, 3.8) is 0 Å². The first-order valence-electron chi connectivity index (χ1n) is 5.29. The number of methoxy groups -OCH3 is 1. The number of nitrogens with zero attached hydrogens (tertiary/aromatic N) is 1. The van der Waals surface area contributed by atoms with Gasteiger partial charge >= 0.3 is 0 Å². The van der Waals surface area contributed by atoms with Crippen LogP contribution in [0.1, 0.15) is 25.3 Å². The SMILES string of the molecule is COc1ccc(C2(C#N)CCC2C)cc1. The summed E-state index contributed by atoms with van der Waals surface area (Å²) < 4.78 is 5.11. The van der Waals surface area contributed by atoms with E-state index in [1.54, 1.807) is 7.11 Å². The standard InChI is InChI=1S/C13H15NO/c1-10-7-8-13(10,9-14)11-3-5-12(15-2)6-4-11/h3-6,10H,7-8H2,1-2H3. The van der Waals surface area contributed by atoms with Gasteiger partial charge in [0.25, 0.3) is 0 Å². The van der Waals surface area contributed by atoms with Gasteiger partial charge in [-0.2, -0.15) is 5.26 Å². The molecular weight excluding hydrogens is 186 g/mol. The molecule has 0 N–H and O–H groups in total. The van der Waals surface area contributed by atoms with Crippen LogP contribution >= 0.6 is 0 Å². The highest BCUT2D eigenvalue weighted by molar-refractivity contribution is 5.39. The van der Waals surface area contributed by atoms with Gasteiger partial charge in [0.05, 0.1) is 18.6 Å². The van der Waals surface area contributed by atoms with Crippen molar-refractivity contribution in [1.29, 1.82) is 5.26 Å². The molecule has 0 amide bonds. The lowest BCUT2D eigenvalue weighted by atomic mass is 9.58. The van der Waals surface area contributed by atoms with Crippen molar-refractivity contribution >= 4 is 0 Å². The van der Waals surface area contributed by atoms with Crippen LogP contribution in [0, 0.1) is 17.2 Å². The van der Waals surface area contributed by atoms with Crippen LogP contribution in [0.2, 0.25) is 0 Å². The summed E-state index contributed by atoms with van der Waals surface area (Å²) >= 11 is 0. The highest BCUT2D eigenvalue weighted by atomic mass is 16.5. The van der Waals surface area contributed by atoms with Gasteiger partial charge in [0.1, 0.15) is 5.75 Å². The molecule has 1 saturated carbocycles. The Hall–Kier alpha value is -1.49. The zero-order valence-corrected chi connectivity index (χ0v) is 9.16. The summed E-state index contributed by atoms with van der Waals surface area (Å²) in [7, 11) is 1.65. The Morgan fingerprint density at radius 3 is 2.40 bits per heavy atom. The van der Waals surface area contributed by atoms with Crippen molar-refractivity contribution in [2.75, 3.05) is 7.11 Å². The van der Waals surface area contributed by atoms with Gasteiger partial charge in [-0.1, -0.05) is 19.1 Å². The monoisotopic (exact) mass is 201 g/mol. The Balaban J connectivity index is 2.33. The minimum Gasteiger partial charge on any atom is -0.497 e. The van der Waals surface area contributed by atoms with Gasteiger partial charge in [0, 0.05) is 0 Å². The molecule has 1 aromatic carbocycles. The van der Waals surface area contributed by atoms with Gasteiger partial charge in [-0.05, 0) is 36.5 Å². The van der Waals surface area contributed by atoms with Crippen LogP contribution in [0.5, 0.6) is 5.75 Å². The average molecular weight is 201 g/mol. The van der Waals surface area contributed by atoms with E-state index in [1.165, 1.54) is 0 Å². The van der Waals surface area contributed by atoms with Crippen molar-refractivity contribution in [3.8, 4) is 11.8 Å². The molecule has 78 valence electrons. The summed E-state index contributed by atoms with van der Waals surface area (Å²) in [6, 6.07) is 10.4. The minimum absolute atomic E-state index is 0.244. The molecule has 0 spiro atoms. The summed E-state index contributed by atoms with van der Waals surface area (Å²) in [6.45, 7) is 2.15. The maximum atomic E-state index is 9.31. The molecular formula is C13H15NO. The topological polar surface area (TPSA) is 33.0 Å². The third-order valence-corrected chi connectivity index (χ3v) is 3.62. The Bertz CT molecular complexity index is 390. The van der Waals surface area contributed by atoms with Crippen molar-refractivity contribution in [3.05, 3.63) is 29.8 Å². The van der Waals surface area contributed by atoms with Crippen molar-refractivity contribution in [2.45, 2.75) is 25.2 Å². The van der Waals surface area contributed by atoms with Gasteiger partial charge < -0.3 is 4.74 Å². The number of hydrogen-bond acceptors (Lipinski definition) is 2. The number of nitriles is 1. The van der Waals surface area contributed by atoms with E-state index < -0.39 is 0 Å². The summed E-state index contributed by atoms with van der Waals surface area (Å²) in [5, 5.41) is 9.31. The first-order chi connectivity index (χ1) is 7.23. The number of benzene rings is 1. The third kappa shape index (κ3) is 1.39. The molecule has 2 unspecified atom stereocenters. The molecule has 0 saturated heterocycles. The van der Waals surface area contributed by atoms with Gasteiger partial charge in [-0.15, -0.1) is 0 Å². The summed E-state index contributed by atoms with van der Waals surface area (Å²) in [5.74, 6) is 1.31. The lowest BCUT2D eigenvalue weighted by molar-refractivity contribution is 0.201. The molecule has 2 rings (SSSR count).